The lowest BCUT2D eigenvalue weighted by atomic mass is 9.96. The Morgan fingerprint density at radius 1 is 1.23 bits per heavy atom. The maximum Gasteiger partial charge on any atom is 0.349 e. The third-order valence-electron chi connectivity index (χ3n) is 4.71. The van der Waals surface area contributed by atoms with Crippen molar-refractivity contribution in [2.45, 2.75) is 19.0 Å². The van der Waals surface area contributed by atoms with Crippen LogP contribution in [-0.4, -0.2) is 37.2 Å². The van der Waals surface area contributed by atoms with Crippen LogP contribution in [0.15, 0.2) is 53.3 Å². The number of nitrogens with one attached hydrogen (secondary N) is 2. The zero-order valence-electron chi connectivity index (χ0n) is 14.1. The number of aromatic nitrogens is 2. The summed E-state index contributed by atoms with van der Waals surface area (Å²) in [5.74, 6) is 1.03. The van der Waals surface area contributed by atoms with Crippen molar-refractivity contribution in [1.82, 2.24) is 14.9 Å². The van der Waals surface area contributed by atoms with Gasteiger partial charge in [0.15, 0.2) is 0 Å². The smallest absolute Gasteiger partial charge is 0.349 e. The predicted octanol–water partition coefficient (Wildman–Crippen LogP) is 1.98. The highest BCUT2D eigenvalue weighted by Gasteiger charge is 2.22. The first-order valence-corrected chi connectivity index (χ1v) is 9.05. The quantitative estimate of drug-likeness (QED) is 0.701. The van der Waals surface area contributed by atoms with Crippen LogP contribution in [0.25, 0.3) is 10.9 Å². The van der Waals surface area contributed by atoms with Crippen molar-refractivity contribution in [3.05, 3.63) is 70.1 Å². The maximum atomic E-state index is 12.4. The number of anilines is 1. The first-order valence-electron chi connectivity index (χ1n) is 8.47. The van der Waals surface area contributed by atoms with Gasteiger partial charge in [-0.15, -0.1) is 0 Å². The van der Waals surface area contributed by atoms with Gasteiger partial charge in [-0.1, -0.05) is 36.4 Å². The molecule has 7 heteroatoms. The van der Waals surface area contributed by atoms with Crippen LogP contribution in [0.3, 0.4) is 0 Å². The first kappa shape index (κ1) is 16.8. The van der Waals surface area contributed by atoms with Gasteiger partial charge in [0.25, 0.3) is 16.3 Å². The van der Waals surface area contributed by atoms with Crippen molar-refractivity contribution in [3.63, 3.8) is 0 Å². The number of benzene rings is 2. The van der Waals surface area contributed by atoms with Gasteiger partial charge in [0, 0.05) is 30.9 Å². The van der Waals surface area contributed by atoms with E-state index in [-0.39, 0.29) is 16.4 Å². The van der Waals surface area contributed by atoms with Crippen LogP contribution < -0.4 is 16.3 Å². The molecule has 26 heavy (non-hydrogen) atoms. The first-order chi connectivity index (χ1) is 12.6. The molecule has 0 spiro atoms. The third-order valence-corrected chi connectivity index (χ3v) is 4.92. The molecule has 2 N–H and O–H groups in total. The lowest BCUT2D eigenvalue weighted by molar-refractivity contribution is 0.259. The van der Waals surface area contributed by atoms with Gasteiger partial charge in [-0.05, 0) is 23.3 Å². The molecule has 6 nitrogen and oxygen atoms in total. The van der Waals surface area contributed by atoms with Crippen LogP contribution in [0.2, 0.25) is 0 Å². The maximum absolute atomic E-state index is 12.4. The van der Waals surface area contributed by atoms with Crippen LogP contribution in [0.4, 0.5) is 10.6 Å². The zero-order chi connectivity index (χ0) is 18.1. The van der Waals surface area contributed by atoms with Gasteiger partial charge in [-0.3, -0.25) is 4.57 Å². The molecule has 2 radical (unpaired) electrons. The Bertz CT molecular complexity index is 1030. The average Bonchev–Trinajstić information content (AvgIpc) is 2.67. The minimum atomic E-state index is -0.226. The summed E-state index contributed by atoms with van der Waals surface area (Å²) in [6, 6.07) is 15.8. The molecule has 1 aliphatic heterocycles. The molecule has 0 saturated carbocycles. The van der Waals surface area contributed by atoms with Crippen molar-refractivity contribution in [2.24, 2.45) is 0 Å². The molecule has 0 saturated heterocycles. The molecular formula is C19H17AlN4O2. The van der Waals surface area contributed by atoms with Gasteiger partial charge >= 0.3 is 5.69 Å². The van der Waals surface area contributed by atoms with Crippen molar-refractivity contribution in [2.75, 3.05) is 11.9 Å². The van der Waals surface area contributed by atoms with E-state index < -0.39 is 0 Å². The fourth-order valence-electron chi connectivity index (χ4n) is 3.36. The normalized spacial score (nSPS) is 15.9. The minimum Gasteiger partial charge on any atom is -0.370 e. The molecule has 4 rings (SSSR count). The fourth-order valence-corrected chi connectivity index (χ4v) is 3.46. The van der Waals surface area contributed by atoms with Gasteiger partial charge < -0.3 is 15.4 Å². The summed E-state index contributed by atoms with van der Waals surface area (Å²) in [5.41, 5.74) is 2.69. The molecule has 1 atom stereocenters. The molecule has 1 unspecified atom stereocenters. The largest absolute Gasteiger partial charge is 0.370 e. The van der Waals surface area contributed by atoms with Gasteiger partial charge in [0.05, 0.1) is 10.3 Å². The van der Waals surface area contributed by atoms with Crippen molar-refractivity contribution in [3.8, 4) is 0 Å². The number of fused-ring (bicyclic) bond motifs is 3. The number of hydrogen-bond acceptors (Lipinski definition) is 4. The topological polar surface area (TPSA) is 76.0 Å². The lowest BCUT2D eigenvalue weighted by Crippen LogP contribution is -2.35. The van der Waals surface area contributed by atoms with E-state index in [1.54, 1.807) is 4.57 Å². The molecule has 3 aromatic rings. The van der Waals surface area contributed by atoms with Crippen LogP contribution in [0.1, 0.15) is 17.0 Å². The van der Waals surface area contributed by atoms with Gasteiger partial charge in [0.1, 0.15) is 5.82 Å². The fraction of sp³-hybridized carbons (Fsp3) is 0.211. The predicted molar refractivity (Wildman–Crippen MR) is 102 cm³/mol. The van der Waals surface area contributed by atoms with Crippen LogP contribution in [0, 0.1) is 0 Å². The number of amides is 1. The van der Waals surface area contributed by atoms with E-state index >= 15 is 0 Å². The van der Waals surface area contributed by atoms with Gasteiger partial charge in [0.2, 0.25) is 0 Å². The van der Waals surface area contributed by atoms with Crippen molar-refractivity contribution < 1.29 is 4.79 Å². The molecular weight excluding hydrogens is 343 g/mol. The Kier molecular flexibility index (Phi) is 4.50. The third kappa shape index (κ3) is 3.24. The van der Waals surface area contributed by atoms with Gasteiger partial charge in [-0.25, -0.2) is 4.79 Å². The summed E-state index contributed by atoms with van der Waals surface area (Å²) >= 11 is 2.11. The molecule has 0 fully saturated rings. The Labute approximate surface area is 158 Å². The summed E-state index contributed by atoms with van der Waals surface area (Å²) in [5, 5.41) is 7.14. The van der Waals surface area contributed by atoms with Crippen LogP contribution >= 0.6 is 0 Å². The van der Waals surface area contributed by atoms with E-state index in [1.165, 1.54) is 0 Å². The molecule has 2 aromatic carbocycles. The summed E-state index contributed by atoms with van der Waals surface area (Å²) in [6.07, 6.45) is 0. The number of carbonyl (C=O) groups is 1. The highest BCUT2D eigenvalue weighted by molar-refractivity contribution is 6.57. The Hall–Kier alpha value is -2.62. The second kappa shape index (κ2) is 6.95. The van der Waals surface area contributed by atoms with E-state index in [2.05, 4.69) is 44.0 Å². The second-order valence-electron chi connectivity index (χ2n) is 6.41. The van der Waals surface area contributed by atoms with E-state index in [1.807, 2.05) is 36.4 Å². The standard InChI is InChI=1S/C19H17N4O2.Al/c24-12-20-9-13-5-7-14(8-6-13)15-10-21-18-16-3-1-2-4-17(16)22-19(25)23(18)11-15;/h1-8,15,21H,9-11H2,(H,20,24);. The molecule has 0 bridgehead atoms. The molecule has 1 amide bonds. The number of nitrogens with zero attached hydrogens (tertiary/aromatic N) is 2. The summed E-state index contributed by atoms with van der Waals surface area (Å²) in [4.78, 5) is 27.6. The number of para-hydroxylation sites is 1. The Balaban J connectivity index is 1.60. The summed E-state index contributed by atoms with van der Waals surface area (Å²) < 4.78 is 1.60. The molecule has 1 aliphatic rings. The monoisotopic (exact) mass is 360 g/mol. The SMILES string of the molecule is O=[C]([Al])NCc1ccc(C2CNc3c4ccccc4nc(=O)n3C2)cc1. The number of hydrogen-bond donors (Lipinski definition) is 2. The highest BCUT2D eigenvalue weighted by atomic mass is 27.0. The second-order valence-corrected chi connectivity index (χ2v) is 6.93. The van der Waals surface area contributed by atoms with Crippen LogP contribution in [0.5, 0.6) is 0 Å². The van der Waals surface area contributed by atoms with Crippen molar-refractivity contribution in [1.29, 1.82) is 0 Å². The molecule has 128 valence electrons. The van der Waals surface area contributed by atoms with E-state index in [4.69, 9.17) is 0 Å². The number of rotatable bonds is 3. The van der Waals surface area contributed by atoms with Crippen LogP contribution in [-0.2, 0) is 13.1 Å². The molecule has 0 aliphatic carbocycles. The summed E-state index contributed by atoms with van der Waals surface area (Å²) in [7, 11) is 0. The zero-order valence-corrected chi connectivity index (χ0v) is 15.3. The molecule has 1 aromatic heterocycles. The van der Waals surface area contributed by atoms with Crippen molar-refractivity contribution >= 4 is 37.8 Å². The Morgan fingerprint density at radius 2 is 2.00 bits per heavy atom. The minimum absolute atomic E-state index is 0.124. The van der Waals surface area contributed by atoms with E-state index in [9.17, 15) is 9.59 Å². The highest BCUT2D eigenvalue weighted by Crippen LogP contribution is 2.28. The van der Waals surface area contributed by atoms with Gasteiger partial charge in [-0.2, -0.15) is 4.98 Å². The average molecular weight is 360 g/mol. The molecule has 2 heterocycles. The number of carbonyl (C=O) groups excluding carboxylic acids is 1. The Morgan fingerprint density at radius 3 is 2.77 bits per heavy atom. The van der Waals surface area contributed by atoms with E-state index in [0.29, 0.717) is 13.1 Å². The lowest BCUT2D eigenvalue weighted by Gasteiger charge is -2.28. The van der Waals surface area contributed by atoms with E-state index in [0.717, 1.165) is 34.4 Å². The summed E-state index contributed by atoms with van der Waals surface area (Å²) in [6.45, 7) is 1.86.